The van der Waals surface area contributed by atoms with Crippen LogP contribution < -0.4 is 4.74 Å². The predicted octanol–water partition coefficient (Wildman–Crippen LogP) is 3.92. The SMILES string of the molecule is C(#CCSc1cccs1)COc1ccccc1. The summed E-state index contributed by atoms with van der Waals surface area (Å²) < 4.78 is 6.77. The Morgan fingerprint density at radius 2 is 1.94 bits per heavy atom. The van der Waals surface area contributed by atoms with Gasteiger partial charge in [-0.3, -0.25) is 0 Å². The fourth-order valence-electron chi connectivity index (χ4n) is 1.19. The van der Waals surface area contributed by atoms with Crippen LogP contribution in [0.3, 0.4) is 0 Å². The van der Waals surface area contributed by atoms with Crippen LogP contribution in [0.5, 0.6) is 5.75 Å². The number of ether oxygens (including phenoxy) is 1. The fraction of sp³-hybridized carbons (Fsp3) is 0.143. The quantitative estimate of drug-likeness (QED) is 0.608. The van der Waals surface area contributed by atoms with E-state index in [0.29, 0.717) is 6.61 Å². The van der Waals surface area contributed by atoms with Crippen molar-refractivity contribution in [2.24, 2.45) is 0 Å². The normalized spacial score (nSPS) is 9.41. The van der Waals surface area contributed by atoms with Crippen molar-refractivity contribution < 1.29 is 4.74 Å². The average molecular weight is 260 g/mol. The number of hydrogen-bond acceptors (Lipinski definition) is 3. The Labute approximate surface area is 110 Å². The van der Waals surface area contributed by atoms with Gasteiger partial charge >= 0.3 is 0 Å². The van der Waals surface area contributed by atoms with E-state index in [-0.39, 0.29) is 0 Å². The van der Waals surface area contributed by atoms with Crippen LogP contribution in [0.15, 0.2) is 52.1 Å². The summed E-state index contributed by atoms with van der Waals surface area (Å²) in [4.78, 5) is 0. The smallest absolute Gasteiger partial charge is 0.149 e. The maximum absolute atomic E-state index is 5.46. The van der Waals surface area contributed by atoms with Crippen molar-refractivity contribution in [3.8, 4) is 17.6 Å². The summed E-state index contributed by atoms with van der Waals surface area (Å²) in [6.07, 6.45) is 0. The molecule has 0 bridgehead atoms. The lowest BCUT2D eigenvalue weighted by atomic mass is 10.3. The summed E-state index contributed by atoms with van der Waals surface area (Å²) in [7, 11) is 0. The maximum Gasteiger partial charge on any atom is 0.149 e. The number of thiophene rings is 1. The first kappa shape index (κ1) is 12.1. The van der Waals surface area contributed by atoms with Gasteiger partial charge < -0.3 is 4.74 Å². The van der Waals surface area contributed by atoms with E-state index in [2.05, 4.69) is 29.4 Å². The van der Waals surface area contributed by atoms with Gasteiger partial charge in [-0.1, -0.05) is 36.1 Å². The average Bonchev–Trinajstić information content (AvgIpc) is 2.88. The van der Waals surface area contributed by atoms with Crippen LogP contribution in [-0.4, -0.2) is 12.4 Å². The fourth-order valence-corrected chi connectivity index (χ4v) is 2.75. The molecule has 2 aromatic rings. The Morgan fingerprint density at radius 3 is 2.71 bits per heavy atom. The first-order chi connectivity index (χ1) is 8.45. The zero-order valence-corrected chi connectivity index (χ0v) is 10.9. The van der Waals surface area contributed by atoms with Gasteiger partial charge in [-0.25, -0.2) is 0 Å². The highest BCUT2D eigenvalue weighted by Crippen LogP contribution is 2.22. The molecule has 0 saturated heterocycles. The van der Waals surface area contributed by atoms with Crippen LogP contribution in [-0.2, 0) is 0 Å². The number of para-hydroxylation sites is 1. The molecule has 2 rings (SSSR count). The zero-order valence-electron chi connectivity index (χ0n) is 9.26. The molecule has 1 aromatic carbocycles. The number of thioether (sulfide) groups is 1. The third-order valence-corrected chi connectivity index (χ3v) is 3.97. The van der Waals surface area contributed by atoms with Crippen molar-refractivity contribution >= 4 is 23.1 Å². The van der Waals surface area contributed by atoms with E-state index in [9.17, 15) is 0 Å². The van der Waals surface area contributed by atoms with E-state index in [4.69, 9.17) is 4.74 Å². The van der Waals surface area contributed by atoms with Gasteiger partial charge in [-0.2, -0.15) is 0 Å². The molecule has 0 N–H and O–H groups in total. The highest BCUT2D eigenvalue weighted by atomic mass is 32.2. The van der Waals surface area contributed by atoms with Crippen molar-refractivity contribution in [2.45, 2.75) is 4.21 Å². The maximum atomic E-state index is 5.46. The first-order valence-electron chi connectivity index (χ1n) is 5.25. The summed E-state index contributed by atoms with van der Waals surface area (Å²) in [5, 5.41) is 2.08. The van der Waals surface area contributed by atoms with Crippen LogP contribution in [0.4, 0.5) is 0 Å². The molecular weight excluding hydrogens is 248 g/mol. The second kappa shape index (κ2) is 7.05. The molecular formula is C14H12OS2. The van der Waals surface area contributed by atoms with E-state index < -0.39 is 0 Å². The largest absolute Gasteiger partial charge is 0.481 e. The van der Waals surface area contributed by atoms with Crippen molar-refractivity contribution in [3.63, 3.8) is 0 Å². The van der Waals surface area contributed by atoms with Gasteiger partial charge in [0.05, 0.1) is 9.96 Å². The zero-order chi connectivity index (χ0) is 11.8. The van der Waals surface area contributed by atoms with Crippen LogP contribution >= 0.6 is 23.1 Å². The summed E-state index contributed by atoms with van der Waals surface area (Å²) in [6.45, 7) is 0.453. The summed E-state index contributed by atoms with van der Waals surface area (Å²) in [5.41, 5.74) is 0. The van der Waals surface area contributed by atoms with Crippen molar-refractivity contribution in [1.29, 1.82) is 0 Å². The van der Waals surface area contributed by atoms with Gasteiger partial charge in [0.2, 0.25) is 0 Å². The Morgan fingerprint density at radius 1 is 1.06 bits per heavy atom. The molecule has 0 aliphatic rings. The lowest BCUT2D eigenvalue weighted by Crippen LogP contribution is -1.93. The van der Waals surface area contributed by atoms with E-state index in [0.717, 1.165) is 11.5 Å². The summed E-state index contributed by atoms with van der Waals surface area (Å²) >= 11 is 3.51. The van der Waals surface area contributed by atoms with Crippen LogP contribution in [0, 0.1) is 11.8 Å². The topological polar surface area (TPSA) is 9.23 Å². The Balaban J connectivity index is 1.66. The van der Waals surface area contributed by atoms with E-state index in [1.807, 2.05) is 30.3 Å². The Bertz CT molecular complexity index is 480. The van der Waals surface area contributed by atoms with Gasteiger partial charge in [0, 0.05) is 0 Å². The molecule has 17 heavy (non-hydrogen) atoms. The first-order valence-corrected chi connectivity index (χ1v) is 7.11. The molecule has 0 atom stereocenters. The van der Waals surface area contributed by atoms with Crippen LogP contribution in [0.1, 0.15) is 0 Å². The molecule has 0 spiro atoms. The molecule has 86 valence electrons. The molecule has 0 aliphatic carbocycles. The van der Waals surface area contributed by atoms with Crippen LogP contribution in [0.25, 0.3) is 0 Å². The van der Waals surface area contributed by atoms with Gasteiger partial charge in [0.1, 0.15) is 12.4 Å². The van der Waals surface area contributed by atoms with Crippen molar-refractivity contribution in [3.05, 3.63) is 47.8 Å². The molecule has 0 aliphatic heterocycles. The molecule has 0 radical (unpaired) electrons. The molecule has 1 aromatic heterocycles. The third kappa shape index (κ3) is 4.56. The van der Waals surface area contributed by atoms with E-state index >= 15 is 0 Å². The van der Waals surface area contributed by atoms with E-state index in [1.54, 1.807) is 23.1 Å². The van der Waals surface area contributed by atoms with E-state index in [1.165, 1.54) is 4.21 Å². The number of hydrogen-bond donors (Lipinski definition) is 0. The second-order valence-electron chi connectivity index (χ2n) is 3.18. The monoisotopic (exact) mass is 260 g/mol. The van der Waals surface area contributed by atoms with Gasteiger partial charge in [-0.05, 0) is 23.6 Å². The lowest BCUT2D eigenvalue weighted by Gasteiger charge is -1.99. The molecule has 0 amide bonds. The second-order valence-corrected chi connectivity index (χ2v) is 5.40. The standard InChI is InChI=1S/C14H12OS2/c1-2-7-13(8-3-1)15-10-4-5-11-16-14-9-6-12-17-14/h1-3,6-9,12H,10-11H2. The van der Waals surface area contributed by atoms with Gasteiger partial charge in [0.25, 0.3) is 0 Å². The number of benzene rings is 1. The third-order valence-electron chi connectivity index (χ3n) is 1.96. The van der Waals surface area contributed by atoms with Crippen molar-refractivity contribution in [1.82, 2.24) is 0 Å². The molecule has 0 fully saturated rings. The Kier molecular flexibility index (Phi) is 5.02. The lowest BCUT2D eigenvalue weighted by molar-refractivity contribution is 0.370. The molecule has 0 saturated carbocycles. The van der Waals surface area contributed by atoms with Crippen LogP contribution in [0.2, 0.25) is 0 Å². The van der Waals surface area contributed by atoms with Gasteiger partial charge in [0.15, 0.2) is 0 Å². The Hall–Kier alpha value is -1.37. The highest BCUT2D eigenvalue weighted by molar-refractivity contribution is 8.01. The predicted molar refractivity (Wildman–Crippen MR) is 74.8 cm³/mol. The molecule has 3 heteroatoms. The minimum Gasteiger partial charge on any atom is -0.481 e. The minimum absolute atomic E-state index is 0.453. The molecule has 1 heterocycles. The molecule has 1 nitrogen and oxygen atoms in total. The van der Waals surface area contributed by atoms with Crippen molar-refractivity contribution in [2.75, 3.05) is 12.4 Å². The highest BCUT2D eigenvalue weighted by Gasteiger charge is 1.90. The minimum atomic E-state index is 0.453. The summed E-state index contributed by atoms with van der Waals surface area (Å²) in [5.74, 6) is 7.78. The van der Waals surface area contributed by atoms with Gasteiger partial charge in [-0.15, -0.1) is 23.1 Å². The summed E-state index contributed by atoms with van der Waals surface area (Å²) in [6, 6.07) is 13.9. The number of rotatable bonds is 4. The molecule has 0 unspecified atom stereocenters.